The number of carbonyl (C=O) groups is 2. The minimum absolute atomic E-state index is 0.0571. The van der Waals surface area contributed by atoms with Gasteiger partial charge < -0.3 is 4.74 Å². The predicted octanol–water partition coefficient (Wildman–Crippen LogP) is 2.61. The highest BCUT2D eigenvalue weighted by molar-refractivity contribution is 7.89. The lowest BCUT2D eigenvalue weighted by molar-refractivity contribution is 0.0473. The van der Waals surface area contributed by atoms with Gasteiger partial charge in [0.2, 0.25) is 15.8 Å². The molecule has 0 amide bonds. The first-order valence-electron chi connectivity index (χ1n) is 7.92. The van der Waals surface area contributed by atoms with Crippen LogP contribution in [0.3, 0.4) is 0 Å². The van der Waals surface area contributed by atoms with Crippen molar-refractivity contribution in [3.05, 3.63) is 63.7 Å². The van der Waals surface area contributed by atoms with Crippen LogP contribution in [0.4, 0.5) is 0 Å². The topological polar surface area (TPSA) is 104 Å². The molecule has 2 aromatic carbocycles. The van der Waals surface area contributed by atoms with Crippen molar-refractivity contribution in [2.45, 2.75) is 32.6 Å². The maximum absolute atomic E-state index is 12.5. The van der Waals surface area contributed by atoms with Crippen molar-refractivity contribution in [1.29, 1.82) is 0 Å². The van der Waals surface area contributed by atoms with E-state index >= 15 is 0 Å². The van der Waals surface area contributed by atoms with Crippen molar-refractivity contribution in [3.8, 4) is 0 Å². The van der Waals surface area contributed by atoms with E-state index < -0.39 is 22.6 Å². The zero-order chi connectivity index (χ0) is 19.6. The van der Waals surface area contributed by atoms with Gasteiger partial charge in [0.1, 0.15) is 0 Å². The summed E-state index contributed by atoms with van der Waals surface area (Å²) in [7, 11) is -3.94. The SMILES string of the molecule is Cc1cc(C)c(C(=O)COC(=O)c2cc(S(N)(=O)=O)ccc2C)c(C)c1. The summed E-state index contributed by atoms with van der Waals surface area (Å²) < 4.78 is 28.0. The molecule has 2 N–H and O–H groups in total. The molecule has 0 aliphatic heterocycles. The fourth-order valence-corrected chi connectivity index (χ4v) is 3.44. The van der Waals surface area contributed by atoms with Gasteiger partial charge >= 0.3 is 5.97 Å². The summed E-state index contributed by atoms with van der Waals surface area (Å²) in [6.07, 6.45) is 0. The summed E-state index contributed by atoms with van der Waals surface area (Å²) in [5, 5.41) is 5.09. The second-order valence-electron chi connectivity index (χ2n) is 6.29. The van der Waals surface area contributed by atoms with E-state index in [-0.39, 0.29) is 16.2 Å². The van der Waals surface area contributed by atoms with E-state index in [9.17, 15) is 18.0 Å². The number of hydrogen-bond donors (Lipinski definition) is 1. The van der Waals surface area contributed by atoms with Crippen molar-refractivity contribution in [2.24, 2.45) is 5.14 Å². The summed E-state index contributed by atoms with van der Waals surface area (Å²) in [6.45, 7) is 6.81. The molecular formula is C19H21NO5S. The molecule has 0 heterocycles. The number of ketones is 1. The van der Waals surface area contributed by atoms with Gasteiger partial charge in [0, 0.05) is 5.56 Å². The van der Waals surface area contributed by atoms with E-state index in [0.717, 1.165) is 22.8 Å². The molecule has 0 unspecified atom stereocenters. The molecular weight excluding hydrogens is 354 g/mol. The molecule has 0 spiro atoms. The Morgan fingerprint density at radius 3 is 2.08 bits per heavy atom. The number of benzene rings is 2. The van der Waals surface area contributed by atoms with E-state index in [4.69, 9.17) is 9.88 Å². The van der Waals surface area contributed by atoms with E-state index in [0.29, 0.717) is 11.1 Å². The quantitative estimate of drug-likeness (QED) is 0.639. The molecule has 0 aliphatic rings. The maximum Gasteiger partial charge on any atom is 0.338 e. The van der Waals surface area contributed by atoms with E-state index in [1.807, 2.05) is 32.9 Å². The smallest absolute Gasteiger partial charge is 0.338 e. The third-order valence-corrected chi connectivity index (χ3v) is 4.96. The van der Waals surface area contributed by atoms with E-state index in [2.05, 4.69) is 0 Å². The zero-order valence-electron chi connectivity index (χ0n) is 15.1. The first kappa shape index (κ1) is 19.8. The van der Waals surface area contributed by atoms with Gasteiger partial charge in [-0.2, -0.15) is 0 Å². The molecule has 0 fully saturated rings. The Bertz CT molecular complexity index is 970. The largest absolute Gasteiger partial charge is 0.454 e. The van der Waals surface area contributed by atoms with Gasteiger partial charge in [0.15, 0.2) is 6.61 Å². The fraction of sp³-hybridized carbons (Fsp3) is 0.263. The Kier molecular flexibility index (Phi) is 5.63. The maximum atomic E-state index is 12.5. The van der Waals surface area contributed by atoms with Crippen molar-refractivity contribution in [1.82, 2.24) is 0 Å². The van der Waals surface area contributed by atoms with Gasteiger partial charge in [-0.1, -0.05) is 23.8 Å². The Hall–Kier alpha value is -2.51. The van der Waals surface area contributed by atoms with Crippen LogP contribution in [0.2, 0.25) is 0 Å². The van der Waals surface area contributed by atoms with Crippen molar-refractivity contribution >= 4 is 21.8 Å². The third kappa shape index (κ3) is 4.36. The van der Waals surface area contributed by atoms with Crippen LogP contribution in [0, 0.1) is 27.7 Å². The van der Waals surface area contributed by atoms with Gasteiger partial charge in [-0.05, 0) is 56.5 Å². The third-order valence-electron chi connectivity index (χ3n) is 4.05. The summed E-state index contributed by atoms with van der Waals surface area (Å²) >= 11 is 0. The van der Waals surface area contributed by atoms with Crippen LogP contribution in [0.15, 0.2) is 35.2 Å². The predicted molar refractivity (Wildman–Crippen MR) is 97.8 cm³/mol. The molecule has 0 aromatic heterocycles. The monoisotopic (exact) mass is 375 g/mol. The number of hydrogen-bond acceptors (Lipinski definition) is 5. The Morgan fingerprint density at radius 1 is 0.962 bits per heavy atom. The van der Waals surface area contributed by atoms with E-state index in [1.165, 1.54) is 12.1 Å². The number of carbonyl (C=O) groups excluding carboxylic acids is 2. The molecule has 0 bridgehead atoms. The lowest BCUT2D eigenvalue weighted by atomic mass is 9.97. The average molecular weight is 375 g/mol. The Balaban J connectivity index is 2.21. The number of esters is 1. The van der Waals surface area contributed by atoms with Crippen LogP contribution in [0.5, 0.6) is 0 Å². The molecule has 138 valence electrons. The van der Waals surface area contributed by atoms with Gasteiger partial charge in [-0.25, -0.2) is 18.4 Å². The summed E-state index contributed by atoms with van der Waals surface area (Å²) in [5.74, 6) is -1.09. The first-order valence-corrected chi connectivity index (χ1v) is 9.47. The summed E-state index contributed by atoms with van der Waals surface area (Å²) in [4.78, 5) is 24.6. The average Bonchev–Trinajstić information content (AvgIpc) is 2.50. The van der Waals surface area contributed by atoms with Gasteiger partial charge in [0.25, 0.3) is 0 Å². The van der Waals surface area contributed by atoms with Crippen LogP contribution in [-0.2, 0) is 14.8 Å². The first-order chi connectivity index (χ1) is 12.0. The van der Waals surface area contributed by atoms with E-state index in [1.54, 1.807) is 6.92 Å². The Morgan fingerprint density at radius 2 is 1.54 bits per heavy atom. The standard InChI is InChI=1S/C19H21NO5S/c1-11-7-13(3)18(14(4)8-11)17(21)10-25-19(22)16-9-15(26(20,23)24)6-5-12(16)2/h5-9H,10H2,1-4H3,(H2,20,23,24). The number of Topliss-reactive ketones (excluding diaryl/α,β-unsaturated/α-hetero) is 1. The lowest BCUT2D eigenvalue weighted by Gasteiger charge is -2.12. The van der Waals surface area contributed by atoms with Crippen LogP contribution in [0.25, 0.3) is 0 Å². The number of primary sulfonamides is 1. The highest BCUT2D eigenvalue weighted by Crippen LogP contribution is 2.19. The minimum Gasteiger partial charge on any atom is -0.454 e. The highest BCUT2D eigenvalue weighted by atomic mass is 32.2. The molecule has 0 aliphatic carbocycles. The molecule has 0 atom stereocenters. The van der Waals surface area contributed by atoms with Crippen LogP contribution < -0.4 is 5.14 Å². The van der Waals surface area contributed by atoms with Gasteiger partial charge in [0.05, 0.1) is 10.5 Å². The lowest BCUT2D eigenvalue weighted by Crippen LogP contribution is -2.18. The molecule has 7 heteroatoms. The van der Waals surface area contributed by atoms with Crippen molar-refractivity contribution < 1.29 is 22.7 Å². The van der Waals surface area contributed by atoms with Crippen molar-refractivity contribution in [2.75, 3.05) is 6.61 Å². The second kappa shape index (κ2) is 7.39. The minimum atomic E-state index is -3.94. The van der Waals surface area contributed by atoms with Gasteiger partial charge in [-0.3, -0.25) is 4.79 Å². The highest BCUT2D eigenvalue weighted by Gasteiger charge is 2.19. The normalized spacial score (nSPS) is 11.3. The van der Waals surface area contributed by atoms with Crippen LogP contribution in [0.1, 0.15) is 43.0 Å². The molecule has 0 saturated carbocycles. The zero-order valence-corrected chi connectivity index (χ0v) is 15.9. The molecule has 6 nitrogen and oxygen atoms in total. The van der Waals surface area contributed by atoms with Crippen LogP contribution >= 0.6 is 0 Å². The van der Waals surface area contributed by atoms with Gasteiger partial charge in [-0.15, -0.1) is 0 Å². The molecule has 2 aromatic rings. The fourth-order valence-electron chi connectivity index (χ4n) is 2.90. The number of sulfonamides is 1. The molecule has 0 radical (unpaired) electrons. The molecule has 26 heavy (non-hydrogen) atoms. The second-order valence-corrected chi connectivity index (χ2v) is 7.86. The van der Waals surface area contributed by atoms with Crippen LogP contribution in [-0.4, -0.2) is 26.8 Å². The summed E-state index contributed by atoms with van der Waals surface area (Å²) in [6, 6.07) is 7.71. The Labute approximate surface area is 153 Å². The molecule has 2 rings (SSSR count). The molecule has 0 saturated heterocycles. The summed E-state index contributed by atoms with van der Waals surface area (Å²) in [5.41, 5.74) is 3.79. The number of aryl methyl sites for hydroxylation is 4. The number of nitrogens with two attached hydrogens (primary N) is 1. The number of rotatable bonds is 5. The van der Waals surface area contributed by atoms with Crippen molar-refractivity contribution in [3.63, 3.8) is 0 Å². The number of ether oxygens (including phenoxy) is 1.